The van der Waals surface area contributed by atoms with Crippen LogP contribution in [0, 0.1) is 0 Å². The topological polar surface area (TPSA) is 27.7 Å². The molecule has 140 valence electrons. The number of hydrogen-bond donors (Lipinski definition) is 0. The second kappa shape index (κ2) is 37.3. The van der Waals surface area contributed by atoms with Gasteiger partial charge in [-0.25, -0.2) is 0 Å². The van der Waals surface area contributed by atoms with Gasteiger partial charge >= 0.3 is 0 Å². The maximum Gasteiger partial charge on any atom is 0.0540 e. The zero-order chi connectivity index (χ0) is 18.1. The maximum absolute atomic E-state index is 4.90. The Morgan fingerprint density at radius 2 is 1.14 bits per heavy atom. The molecule has 0 aromatic rings. The number of methoxy groups -OCH3 is 3. The van der Waals surface area contributed by atoms with Crippen LogP contribution in [0.5, 0.6) is 0 Å². The van der Waals surface area contributed by atoms with Crippen LogP contribution in [-0.4, -0.2) is 40.6 Å². The normalized spacial score (nSPS) is 10.2. The van der Waals surface area contributed by atoms with E-state index in [0.29, 0.717) is 6.10 Å². The van der Waals surface area contributed by atoms with Crippen LogP contribution in [0.3, 0.4) is 0 Å². The number of ether oxygens (including phenoxy) is 3. The summed E-state index contributed by atoms with van der Waals surface area (Å²) in [5, 5.41) is 0. The molecule has 0 spiro atoms. The molecule has 3 heteroatoms. The van der Waals surface area contributed by atoms with Gasteiger partial charge < -0.3 is 14.2 Å². The van der Waals surface area contributed by atoms with Gasteiger partial charge in [0.05, 0.1) is 6.10 Å². The summed E-state index contributed by atoms with van der Waals surface area (Å²) in [6.45, 7) is 14.6. The van der Waals surface area contributed by atoms with Gasteiger partial charge in [-0.2, -0.15) is 0 Å². The molecule has 0 saturated carbocycles. The predicted molar refractivity (Wildman–Crippen MR) is 101 cm³/mol. The van der Waals surface area contributed by atoms with Crippen molar-refractivity contribution in [1.82, 2.24) is 0 Å². The molecule has 22 heavy (non-hydrogen) atoms. The van der Waals surface area contributed by atoms with E-state index >= 15 is 0 Å². The lowest BCUT2D eigenvalue weighted by Gasteiger charge is -2.01. The van der Waals surface area contributed by atoms with Crippen molar-refractivity contribution in [2.24, 2.45) is 0 Å². The van der Waals surface area contributed by atoms with Crippen LogP contribution in [0.15, 0.2) is 0 Å². The van der Waals surface area contributed by atoms with E-state index in [0.717, 1.165) is 26.1 Å². The third-order valence-corrected chi connectivity index (χ3v) is 2.84. The lowest BCUT2D eigenvalue weighted by Crippen LogP contribution is -2.00. The number of rotatable bonds is 9. The average Bonchev–Trinajstić information content (AvgIpc) is 2.56. The van der Waals surface area contributed by atoms with Gasteiger partial charge in [0, 0.05) is 34.5 Å². The molecule has 1 atom stereocenters. The van der Waals surface area contributed by atoms with E-state index < -0.39 is 0 Å². The highest BCUT2D eigenvalue weighted by Gasteiger charge is 1.88. The second-order valence-corrected chi connectivity index (χ2v) is 5.15. The molecule has 3 nitrogen and oxygen atoms in total. The largest absolute Gasteiger partial charge is 0.385 e. The highest BCUT2D eigenvalue weighted by atomic mass is 16.5. The maximum atomic E-state index is 4.90. The Hall–Kier alpha value is -0.120. The van der Waals surface area contributed by atoms with Crippen LogP contribution in [0.2, 0.25) is 0 Å². The highest BCUT2D eigenvalue weighted by Crippen LogP contribution is 1.91. The molecule has 0 amide bonds. The lowest BCUT2D eigenvalue weighted by atomic mass is 10.3. The van der Waals surface area contributed by atoms with E-state index in [1.165, 1.54) is 32.1 Å². The van der Waals surface area contributed by atoms with Crippen molar-refractivity contribution in [1.29, 1.82) is 0 Å². The van der Waals surface area contributed by atoms with Crippen molar-refractivity contribution < 1.29 is 14.2 Å². The molecule has 0 aliphatic heterocycles. The fourth-order valence-electron chi connectivity index (χ4n) is 0.867. The van der Waals surface area contributed by atoms with Gasteiger partial charge in [-0.15, -0.1) is 0 Å². The summed E-state index contributed by atoms with van der Waals surface area (Å²) in [6, 6.07) is 0. The quantitative estimate of drug-likeness (QED) is 0.480. The molecule has 0 aromatic carbocycles. The first-order chi connectivity index (χ1) is 10.6. The van der Waals surface area contributed by atoms with E-state index in [4.69, 9.17) is 14.2 Å². The molecular formula is C19H46O3. The smallest absolute Gasteiger partial charge is 0.0540 e. The van der Waals surface area contributed by atoms with Gasteiger partial charge in [-0.1, -0.05) is 60.3 Å². The summed E-state index contributed by atoms with van der Waals surface area (Å²) >= 11 is 0. The Labute approximate surface area is 142 Å². The van der Waals surface area contributed by atoms with Crippen LogP contribution in [0.25, 0.3) is 0 Å². The SMILES string of the molecule is CCC(C)OC.CCCC.CCCCCOC.CCCOC. The third kappa shape index (κ3) is 59.9. The molecule has 0 radical (unpaired) electrons. The Balaban J connectivity index is -0.000000100. The minimum atomic E-state index is 0.435. The summed E-state index contributed by atoms with van der Waals surface area (Å²) in [7, 11) is 5.19. The predicted octanol–water partition coefficient (Wildman–Crippen LogP) is 6.10. The van der Waals surface area contributed by atoms with Gasteiger partial charge in [0.25, 0.3) is 0 Å². The van der Waals surface area contributed by atoms with Gasteiger partial charge in [0.15, 0.2) is 0 Å². The molecule has 0 aliphatic carbocycles. The van der Waals surface area contributed by atoms with Crippen molar-refractivity contribution in [3.8, 4) is 0 Å². The molecule has 1 unspecified atom stereocenters. The zero-order valence-electron chi connectivity index (χ0n) is 17.2. The molecule has 0 heterocycles. The molecule has 0 bridgehead atoms. The first-order valence-corrected chi connectivity index (χ1v) is 9.06. The molecule has 0 N–H and O–H groups in total. The molecular weight excluding hydrogens is 276 g/mol. The van der Waals surface area contributed by atoms with Gasteiger partial charge in [-0.05, 0) is 26.2 Å². The van der Waals surface area contributed by atoms with Crippen molar-refractivity contribution in [3.05, 3.63) is 0 Å². The number of hydrogen-bond acceptors (Lipinski definition) is 3. The first-order valence-electron chi connectivity index (χ1n) is 9.06. The monoisotopic (exact) mass is 322 g/mol. The van der Waals surface area contributed by atoms with E-state index in [9.17, 15) is 0 Å². The van der Waals surface area contributed by atoms with Crippen LogP contribution >= 0.6 is 0 Å². The Morgan fingerprint density at radius 3 is 1.27 bits per heavy atom. The van der Waals surface area contributed by atoms with Crippen LogP contribution in [0.4, 0.5) is 0 Å². The fraction of sp³-hybridized carbons (Fsp3) is 1.00. The van der Waals surface area contributed by atoms with Gasteiger partial charge in [0.1, 0.15) is 0 Å². The zero-order valence-corrected chi connectivity index (χ0v) is 17.2. The summed E-state index contributed by atoms with van der Waals surface area (Å²) in [4.78, 5) is 0. The minimum absolute atomic E-state index is 0.435. The van der Waals surface area contributed by atoms with E-state index in [1.54, 1.807) is 21.3 Å². The van der Waals surface area contributed by atoms with Gasteiger partial charge in [0.2, 0.25) is 0 Å². The molecule has 0 saturated heterocycles. The Morgan fingerprint density at radius 1 is 0.636 bits per heavy atom. The Kier molecular flexibility index (Phi) is 50.5. The average molecular weight is 323 g/mol. The van der Waals surface area contributed by atoms with Crippen molar-refractivity contribution >= 4 is 0 Å². The van der Waals surface area contributed by atoms with E-state index in [1.807, 2.05) is 0 Å². The fourth-order valence-corrected chi connectivity index (χ4v) is 0.867. The summed E-state index contributed by atoms with van der Waals surface area (Å²) in [5.74, 6) is 0. The summed E-state index contributed by atoms with van der Waals surface area (Å²) < 4.78 is 14.4. The second-order valence-electron chi connectivity index (χ2n) is 5.15. The minimum Gasteiger partial charge on any atom is -0.385 e. The Bertz CT molecular complexity index is 118. The van der Waals surface area contributed by atoms with Crippen LogP contribution < -0.4 is 0 Å². The summed E-state index contributed by atoms with van der Waals surface area (Å²) in [6.07, 6.45) is 9.10. The van der Waals surface area contributed by atoms with E-state index in [-0.39, 0.29) is 0 Å². The van der Waals surface area contributed by atoms with Crippen molar-refractivity contribution in [3.63, 3.8) is 0 Å². The first kappa shape index (κ1) is 29.8. The molecule has 0 aliphatic rings. The molecule has 0 rings (SSSR count). The molecule has 0 aromatic heterocycles. The van der Waals surface area contributed by atoms with Crippen molar-refractivity contribution in [2.45, 2.75) is 92.6 Å². The number of unbranched alkanes of at least 4 members (excludes halogenated alkanes) is 3. The van der Waals surface area contributed by atoms with Crippen molar-refractivity contribution in [2.75, 3.05) is 34.5 Å². The highest BCUT2D eigenvalue weighted by molar-refractivity contribution is 4.38. The van der Waals surface area contributed by atoms with Crippen LogP contribution in [-0.2, 0) is 14.2 Å². The summed E-state index contributed by atoms with van der Waals surface area (Å²) in [5.41, 5.74) is 0. The van der Waals surface area contributed by atoms with Gasteiger partial charge in [-0.3, -0.25) is 0 Å². The molecule has 0 fully saturated rings. The van der Waals surface area contributed by atoms with E-state index in [2.05, 4.69) is 41.5 Å². The lowest BCUT2D eigenvalue weighted by molar-refractivity contribution is 0.115. The van der Waals surface area contributed by atoms with Crippen LogP contribution in [0.1, 0.15) is 86.5 Å². The third-order valence-electron chi connectivity index (χ3n) is 2.84. The standard InChI is InChI=1S/C6H14O.C5H12O.C4H10O.C4H10/c1-3-4-5-6-7-2;1-4-5(2)6-3;1-3-4-5-2;1-3-4-2/h3-6H2,1-2H3;5H,4H2,1-3H3;3-4H2,1-2H3;3-4H2,1-2H3.